The fraction of sp³-hybridized carbons (Fsp3) is 0.250. The SMILES string of the molecule is Cc1ccc(NC(=O)c2cccc(CF)c2)cc1C(=O)Nc1cnc(Nc2cccc(OCCN3CCCC3)c2)nc1. The molecule has 0 aliphatic carbocycles. The Kier molecular flexibility index (Phi) is 9.35. The van der Waals surface area contributed by atoms with Gasteiger partial charge in [0.1, 0.15) is 19.0 Å². The van der Waals surface area contributed by atoms with Gasteiger partial charge in [-0.15, -0.1) is 0 Å². The number of carbonyl (C=O) groups excluding carboxylic acids is 2. The van der Waals surface area contributed by atoms with Gasteiger partial charge in [0.25, 0.3) is 11.8 Å². The van der Waals surface area contributed by atoms with Crippen LogP contribution in [0, 0.1) is 6.92 Å². The number of carbonyl (C=O) groups is 2. The predicted molar refractivity (Wildman–Crippen MR) is 161 cm³/mol. The Balaban J connectivity index is 1.17. The standard InChI is InChI=1S/C32H33FN6O3/c1-22-10-11-26(36-30(40)24-7-4-6-23(16-24)19-33)18-29(22)31(41)37-27-20-34-32(35-21-27)38-25-8-5-9-28(17-25)42-15-14-39-12-2-3-13-39/h4-11,16-18,20-21H,2-3,12-15,19H2,1H3,(H,36,40)(H,37,41)(H,34,35,38). The lowest BCUT2D eigenvalue weighted by Gasteiger charge is -2.15. The quantitative estimate of drug-likeness (QED) is 0.204. The minimum absolute atomic E-state index is 0.333. The van der Waals surface area contributed by atoms with Crippen LogP contribution in [0.25, 0.3) is 0 Å². The molecule has 1 fully saturated rings. The van der Waals surface area contributed by atoms with Gasteiger partial charge in [-0.25, -0.2) is 14.4 Å². The molecule has 0 spiro atoms. The van der Waals surface area contributed by atoms with Crippen molar-refractivity contribution in [1.82, 2.24) is 14.9 Å². The number of aryl methyl sites for hydroxylation is 1. The number of likely N-dealkylation sites (tertiary alicyclic amines) is 1. The summed E-state index contributed by atoms with van der Waals surface area (Å²) in [4.78, 5) is 36.8. The number of rotatable bonds is 11. The maximum Gasteiger partial charge on any atom is 0.256 e. The van der Waals surface area contributed by atoms with Crippen LogP contribution in [0.1, 0.15) is 44.7 Å². The molecular weight excluding hydrogens is 535 g/mol. The molecule has 9 nitrogen and oxygen atoms in total. The molecule has 0 radical (unpaired) electrons. The van der Waals surface area contributed by atoms with Crippen molar-refractivity contribution in [2.45, 2.75) is 26.4 Å². The fourth-order valence-corrected chi connectivity index (χ4v) is 4.69. The van der Waals surface area contributed by atoms with E-state index >= 15 is 0 Å². The molecule has 1 aliphatic rings. The van der Waals surface area contributed by atoms with E-state index in [1.54, 1.807) is 43.3 Å². The summed E-state index contributed by atoms with van der Waals surface area (Å²) < 4.78 is 18.9. The monoisotopic (exact) mass is 568 g/mol. The number of anilines is 4. The summed E-state index contributed by atoms with van der Waals surface area (Å²) in [7, 11) is 0. The van der Waals surface area contributed by atoms with Gasteiger partial charge in [0.15, 0.2) is 0 Å². The predicted octanol–water partition coefficient (Wildman–Crippen LogP) is 5.98. The van der Waals surface area contributed by atoms with Gasteiger partial charge in [-0.2, -0.15) is 0 Å². The number of halogens is 1. The molecule has 3 aromatic carbocycles. The van der Waals surface area contributed by atoms with E-state index in [0.29, 0.717) is 40.6 Å². The lowest BCUT2D eigenvalue weighted by molar-refractivity contribution is 0.101. The van der Waals surface area contributed by atoms with Crippen molar-refractivity contribution in [2.24, 2.45) is 0 Å². The van der Waals surface area contributed by atoms with Gasteiger partial charge in [0.2, 0.25) is 5.95 Å². The molecule has 4 aromatic rings. The van der Waals surface area contributed by atoms with Crippen LogP contribution >= 0.6 is 0 Å². The largest absolute Gasteiger partial charge is 0.492 e. The lowest BCUT2D eigenvalue weighted by atomic mass is 10.1. The summed E-state index contributed by atoms with van der Waals surface area (Å²) in [6.45, 7) is 4.99. The summed E-state index contributed by atoms with van der Waals surface area (Å²) in [6, 6.07) is 19.0. The minimum atomic E-state index is -0.655. The number of ether oxygens (including phenoxy) is 1. The van der Waals surface area contributed by atoms with E-state index in [1.165, 1.54) is 31.3 Å². The third-order valence-electron chi connectivity index (χ3n) is 6.96. The normalized spacial score (nSPS) is 13.0. The van der Waals surface area contributed by atoms with Crippen molar-refractivity contribution in [3.05, 3.63) is 101 Å². The number of benzene rings is 3. The van der Waals surface area contributed by atoms with E-state index in [4.69, 9.17) is 4.74 Å². The third-order valence-corrected chi connectivity index (χ3v) is 6.96. The molecule has 3 N–H and O–H groups in total. The number of alkyl halides is 1. The highest BCUT2D eigenvalue weighted by atomic mass is 19.1. The molecule has 42 heavy (non-hydrogen) atoms. The van der Waals surface area contributed by atoms with Gasteiger partial charge in [0, 0.05) is 35.1 Å². The van der Waals surface area contributed by atoms with E-state index in [1.807, 2.05) is 24.3 Å². The summed E-state index contributed by atoms with van der Waals surface area (Å²) in [5.74, 6) is 0.382. The Morgan fingerprint density at radius 1 is 0.881 bits per heavy atom. The molecule has 1 aromatic heterocycles. The molecule has 2 heterocycles. The fourth-order valence-electron chi connectivity index (χ4n) is 4.69. The van der Waals surface area contributed by atoms with E-state index in [0.717, 1.165) is 36.6 Å². The topological polar surface area (TPSA) is 108 Å². The number of hydrogen-bond donors (Lipinski definition) is 3. The van der Waals surface area contributed by atoms with E-state index in [-0.39, 0.29) is 5.91 Å². The second-order valence-electron chi connectivity index (χ2n) is 10.1. The van der Waals surface area contributed by atoms with Crippen LogP contribution in [0.2, 0.25) is 0 Å². The highest BCUT2D eigenvalue weighted by Crippen LogP contribution is 2.22. The second-order valence-corrected chi connectivity index (χ2v) is 10.1. The maximum atomic E-state index is 13.1. The second kappa shape index (κ2) is 13.7. The molecule has 216 valence electrons. The van der Waals surface area contributed by atoms with Crippen molar-refractivity contribution in [1.29, 1.82) is 0 Å². The highest BCUT2D eigenvalue weighted by molar-refractivity contribution is 6.08. The first-order valence-electron chi connectivity index (χ1n) is 13.9. The number of nitrogens with one attached hydrogen (secondary N) is 3. The molecule has 10 heteroatoms. The Hall–Kier alpha value is -4.83. The number of aromatic nitrogens is 2. The molecule has 1 aliphatic heterocycles. The van der Waals surface area contributed by atoms with Crippen LogP contribution in [0.4, 0.5) is 27.4 Å². The van der Waals surface area contributed by atoms with Crippen LogP contribution in [0.5, 0.6) is 5.75 Å². The zero-order valence-corrected chi connectivity index (χ0v) is 23.4. The molecule has 2 amide bonds. The lowest BCUT2D eigenvalue weighted by Crippen LogP contribution is -2.25. The van der Waals surface area contributed by atoms with Crippen molar-refractivity contribution in [3.8, 4) is 5.75 Å². The molecular formula is C32H33FN6O3. The Morgan fingerprint density at radius 2 is 1.64 bits per heavy atom. The average molecular weight is 569 g/mol. The highest BCUT2D eigenvalue weighted by Gasteiger charge is 2.14. The van der Waals surface area contributed by atoms with Gasteiger partial charge >= 0.3 is 0 Å². The van der Waals surface area contributed by atoms with E-state index < -0.39 is 12.6 Å². The Labute approximate surface area is 244 Å². The van der Waals surface area contributed by atoms with Crippen molar-refractivity contribution in [2.75, 3.05) is 42.2 Å². The zero-order chi connectivity index (χ0) is 29.3. The third kappa shape index (κ3) is 7.67. The summed E-state index contributed by atoms with van der Waals surface area (Å²) in [6.07, 6.45) is 5.55. The average Bonchev–Trinajstić information content (AvgIpc) is 3.53. The number of nitrogens with zero attached hydrogens (tertiary/aromatic N) is 3. The van der Waals surface area contributed by atoms with Gasteiger partial charge in [-0.3, -0.25) is 14.5 Å². The van der Waals surface area contributed by atoms with Gasteiger partial charge in [-0.05, 0) is 80.4 Å². The zero-order valence-electron chi connectivity index (χ0n) is 23.4. The van der Waals surface area contributed by atoms with Crippen LogP contribution < -0.4 is 20.7 Å². The number of hydrogen-bond acceptors (Lipinski definition) is 7. The van der Waals surface area contributed by atoms with Crippen LogP contribution in [0.3, 0.4) is 0 Å². The first kappa shape index (κ1) is 28.7. The van der Waals surface area contributed by atoms with Gasteiger partial charge < -0.3 is 20.7 Å². The Morgan fingerprint density at radius 3 is 2.43 bits per heavy atom. The first-order chi connectivity index (χ1) is 20.5. The van der Waals surface area contributed by atoms with Crippen LogP contribution in [-0.4, -0.2) is 52.9 Å². The number of amides is 2. The summed E-state index contributed by atoms with van der Waals surface area (Å²) in [5, 5.41) is 8.73. The van der Waals surface area contributed by atoms with Crippen LogP contribution in [-0.2, 0) is 6.67 Å². The van der Waals surface area contributed by atoms with E-state index in [2.05, 4.69) is 30.8 Å². The van der Waals surface area contributed by atoms with Crippen LogP contribution in [0.15, 0.2) is 79.1 Å². The van der Waals surface area contributed by atoms with Crippen molar-refractivity contribution < 1.29 is 18.7 Å². The first-order valence-corrected chi connectivity index (χ1v) is 13.9. The Bertz CT molecular complexity index is 1540. The molecule has 0 unspecified atom stereocenters. The molecule has 1 saturated heterocycles. The van der Waals surface area contributed by atoms with Crippen molar-refractivity contribution >= 4 is 34.8 Å². The molecule has 0 saturated carbocycles. The summed E-state index contributed by atoms with van der Waals surface area (Å²) >= 11 is 0. The van der Waals surface area contributed by atoms with Gasteiger partial charge in [0.05, 0.1) is 18.1 Å². The molecule has 0 atom stereocenters. The molecule has 5 rings (SSSR count). The minimum Gasteiger partial charge on any atom is -0.492 e. The maximum absolute atomic E-state index is 13.1. The van der Waals surface area contributed by atoms with Crippen molar-refractivity contribution in [3.63, 3.8) is 0 Å². The van der Waals surface area contributed by atoms with Gasteiger partial charge in [-0.1, -0.05) is 24.3 Å². The molecule has 0 bridgehead atoms. The van der Waals surface area contributed by atoms with E-state index in [9.17, 15) is 14.0 Å². The smallest absolute Gasteiger partial charge is 0.256 e. The summed E-state index contributed by atoms with van der Waals surface area (Å²) in [5.41, 5.74) is 3.51.